The minimum absolute atomic E-state index is 0.205. The largest absolute Gasteiger partial charge is 0.343 e. The summed E-state index contributed by atoms with van der Waals surface area (Å²) >= 11 is 1.57. The van der Waals surface area contributed by atoms with Crippen LogP contribution < -0.4 is 10.6 Å². The molecule has 11 heteroatoms. The molecule has 1 aliphatic heterocycles. The molecule has 1 fully saturated rings. The lowest BCUT2D eigenvalue weighted by Crippen LogP contribution is -2.43. The SMILES string of the molecule is N#C[C@@H]1CC(F)(F)CN1C(=O)CNC(=O)c1ccnc2c(NC(=O)I)cccc12. The van der Waals surface area contributed by atoms with E-state index in [2.05, 4.69) is 15.6 Å². The van der Waals surface area contributed by atoms with E-state index >= 15 is 0 Å². The third kappa shape index (κ3) is 4.58. The molecule has 2 heterocycles. The molecule has 150 valence electrons. The van der Waals surface area contributed by atoms with E-state index in [4.69, 9.17) is 5.26 Å². The molecule has 0 bridgehead atoms. The lowest BCUT2D eigenvalue weighted by Gasteiger charge is -2.19. The average molecular weight is 513 g/mol. The van der Waals surface area contributed by atoms with E-state index in [-0.39, 0.29) is 9.48 Å². The zero-order valence-electron chi connectivity index (χ0n) is 14.8. The Morgan fingerprint density at radius 2 is 2.10 bits per heavy atom. The Hall–Kier alpha value is -2.88. The number of nitrogens with one attached hydrogen (secondary N) is 2. The second kappa shape index (κ2) is 8.24. The van der Waals surface area contributed by atoms with E-state index in [1.807, 2.05) is 0 Å². The van der Waals surface area contributed by atoms with E-state index < -0.39 is 43.3 Å². The Morgan fingerprint density at radius 1 is 1.34 bits per heavy atom. The maximum absolute atomic E-state index is 13.5. The highest BCUT2D eigenvalue weighted by atomic mass is 127. The number of alkyl halides is 2. The molecule has 3 amide bonds. The Balaban J connectivity index is 1.76. The number of aromatic nitrogens is 1. The van der Waals surface area contributed by atoms with Gasteiger partial charge in [0.15, 0.2) is 0 Å². The number of nitriles is 1. The number of carbonyl (C=O) groups excluding carboxylic acids is 3. The Morgan fingerprint density at radius 3 is 2.79 bits per heavy atom. The van der Waals surface area contributed by atoms with Crippen LogP contribution in [-0.2, 0) is 4.79 Å². The smallest absolute Gasteiger partial charge is 0.285 e. The van der Waals surface area contributed by atoms with E-state index in [1.54, 1.807) is 46.9 Å². The van der Waals surface area contributed by atoms with Gasteiger partial charge in [0.2, 0.25) is 5.91 Å². The molecule has 0 aliphatic carbocycles. The van der Waals surface area contributed by atoms with Crippen molar-refractivity contribution in [1.29, 1.82) is 5.26 Å². The number of benzene rings is 1. The number of hydrogen-bond donors (Lipinski definition) is 2. The zero-order valence-corrected chi connectivity index (χ0v) is 16.9. The van der Waals surface area contributed by atoms with Crippen molar-refractivity contribution in [3.05, 3.63) is 36.0 Å². The minimum atomic E-state index is -3.12. The van der Waals surface area contributed by atoms with Crippen molar-refractivity contribution in [2.75, 3.05) is 18.4 Å². The molecule has 8 nitrogen and oxygen atoms in total. The van der Waals surface area contributed by atoms with Gasteiger partial charge in [-0.25, -0.2) is 8.78 Å². The number of anilines is 1. The van der Waals surface area contributed by atoms with Gasteiger partial charge in [0.1, 0.15) is 6.04 Å². The molecule has 1 aromatic heterocycles. The maximum atomic E-state index is 13.5. The van der Waals surface area contributed by atoms with Crippen molar-refractivity contribution in [3.63, 3.8) is 0 Å². The van der Waals surface area contributed by atoms with Gasteiger partial charge in [0.25, 0.3) is 15.7 Å². The number of fused-ring (bicyclic) bond motifs is 1. The first kappa shape index (κ1) is 20.8. The summed E-state index contributed by atoms with van der Waals surface area (Å²) < 4.78 is 26.7. The molecule has 2 N–H and O–H groups in total. The number of pyridine rings is 1. The molecule has 1 aromatic carbocycles. The van der Waals surface area contributed by atoms with Crippen LogP contribution in [0.15, 0.2) is 30.5 Å². The molecular weight excluding hydrogens is 499 g/mol. The number of nitrogens with zero attached hydrogens (tertiary/aromatic N) is 3. The van der Waals surface area contributed by atoms with Crippen LogP contribution in [-0.4, -0.2) is 50.7 Å². The standard InChI is InChI=1S/C18H14F2IN5O3/c19-18(20)6-10(7-22)26(9-18)14(27)8-24-16(28)12-4-5-23-15-11(12)2-1-3-13(15)25-17(21)29/h1-5,10H,6,8-9H2,(H,24,28)(H,25,29)/t10-/m0/s1. The lowest BCUT2D eigenvalue weighted by molar-refractivity contribution is -0.131. The predicted octanol–water partition coefficient (Wildman–Crippen LogP) is 2.69. The minimum Gasteiger partial charge on any atom is -0.343 e. The van der Waals surface area contributed by atoms with E-state index in [1.165, 1.54) is 12.3 Å². The van der Waals surface area contributed by atoms with Gasteiger partial charge in [-0.15, -0.1) is 0 Å². The maximum Gasteiger partial charge on any atom is 0.285 e. The van der Waals surface area contributed by atoms with Crippen LogP contribution in [0.2, 0.25) is 0 Å². The number of para-hydroxylation sites is 1. The number of hydrogen-bond acceptors (Lipinski definition) is 5. The second-order valence-electron chi connectivity index (χ2n) is 6.37. The van der Waals surface area contributed by atoms with Crippen molar-refractivity contribution in [2.24, 2.45) is 0 Å². The molecule has 1 saturated heterocycles. The first-order valence-electron chi connectivity index (χ1n) is 8.41. The van der Waals surface area contributed by atoms with Crippen molar-refractivity contribution >= 4 is 54.9 Å². The number of carbonyl (C=O) groups is 3. The van der Waals surface area contributed by atoms with Gasteiger partial charge in [-0.05, 0) is 12.1 Å². The Kier molecular flexibility index (Phi) is 5.92. The van der Waals surface area contributed by atoms with Crippen LogP contribution in [0.4, 0.5) is 19.3 Å². The molecule has 2 aromatic rings. The number of likely N-dealkylation sites (tertiary alicyclic amines) is 1. The van der Waals surface area contributed by atoms with Crippen LogP contribution >= 0.6 is 22.6 Å². The molecule has 0 radical (unpaired) electrons. The molecule has 0 spiro atoms. The third-order valence-electron chi connectivity index (χ3n) is 4.39. The first-order valence-corrected chi connectivity index (χ1v) is 9.49. The molecular formula is C18H14F2IN5O3. The van der Waals surface area contributed by atoms with Crippen molar-refractivity contribution < 1.29 is 23.2 Å². The average Bonchev–Trinajstić information content (AvgIpc) is 3.00. The fraction of sp³-hybridized carbons (Fsp3) is 0.278. The van der Waals surface area contributed by atoms with E-state index in [0.29, 0.717) is 16.6 Å². The molecule has 1 atom stereocenters. The van der Waals surface area contributed by atoms with Gasteiger partial charge in [0.05, 0.1) is 35.9 Å². The summed E-state index contributed by atoms with van der Waals surface area (Å²) in [5.41, 5.74) is 1.01. The van der Waals surface area contributed by atoms with Crippen molar-refractivity contribution in [1.82, 2.24) is 15.2 Å². The van der Waals surface area contributed by atoms with Crippen LogP contribution in [0.1, 0.15) is 16.8 Å². The Labute approximate surface area is 177 Å². The number of amides is 3. The van der Waals surface area contributed by atoms with Crippen LogP contribution in [0.3, 0.4) is 0 Å². The zero-order chi connectivity index (χ0) is 21.2. The molecule has 0 unspecified atom stereocenters. The summed E-state index contributed by atoms with van der Waals surface area (Å²) in [6.45, 7) is -1.38. The monoisotopic (exact) mass is 513 g/mol. The number of rotatable bonds is 4. The quantitative estimate of drug-likeness (QED) is 0.371. The first-order chi connectivity index (χ1) is 13.7. The lowest BCUT2D eigenvalue weighted by atomic mass is 10.1. The van der Waals surface area contributed by atoms with Crippen LogP contribution in [0.5, 0.6) is 0 Å². The summed E-state index contributed by atoms with van der Waals surface area (Å²) in [5.74, 6) is -4.50. The fourth-order valence-electron chi connectivity index (χ4n) is 3.13. The number of halogens is 3. The van der Waals surface area contributed by atoms with Gasteiger partial charge >= 0.3 is 0 Å². The van der Waals surface area contributed by atoms with Gasteiger partial charge in [-0.3, -0.25) is 19.4 Å². The highest BCUT2D eigenvalue weighted by Crippen LogP contribution is 2.31. The van der Waals surface area contributed by atoms with E-state index in [9.17, 15) is 23.2 Å². The highest BCUT2D eigenvalue weighted by Gasteiger charge is 2.47. The van der Waals surface area contributed by atoms with Crippen LogP contribution in [0, 0.1) is 11.3 Å². The summed E-state index contributed by atoms with van der Waals surface area (Å²) in [4.78, 5) is 41.1. The topological polar surface area (TPSA) is 115 Å². The Bertz CT molecular complexity index is 1040. The van der Waals surface area contributed by atoms with E-state index in [0.717, 1.165) is 4.90 Å². The fourth-order valence-corrected chi connectivity index (χ4v) is 3.42. The summed E-state index contributed by atoms with van der Waals surface area (Å²) in [7, 11) is 0. The summed E-state index contributed by atoms with van der Waals surface area (Å²) in [6, 6.07) is 6.80. The molecule has 29 heavy (non-hydrogen) atoms. The van der Waals surface area contributed by atoms with Crippen molar-refractivity contribution in [3.8, 4) is 6.07 Å². The third-order valence-corrected chi connectivity index (χ3v) is 4.66. The second-order valence-corrected chi connectivity index (χ2v) is 7.35. The molecule has 3 rings (SSSR count). The summed E-state index contributed by atoms with van der Waals surface area (Å²) in [5, 5.41) is 14.4. The van der Waals surface area contributed by atoms with Gasteiger partial charge in [-0.1, -0.05) is 12.1 Å². The van der Waals surface area contributed by atoms with Gasteiger partial charge < -0.3 is 15.5 Å². The summed E-state index contributed by atoms with van der Waals surface area (Å²) in [6.07, 6.45) is 0.665. The van der Waals surface area contributed by atoms with Gasteiger partial charge in [0, 0.05) is 40.6 Å². The normalized spacial score (nSPS) is 17.6. The van der Waals surface area contributed by atoms with Gasteiger partial charge in [-0.2, -0.15) is 5.26 Å². The van der Waals surface area contributed by atoms with Crippen molar-refractivity contribution in [2.45, 2.75) is 18.4 Å². The van der Waals surface area contributed by atoms with Crippen LogP contribution in [0.25, 0.3) is 10.9 Å². The highest BCUT2D eigenvalue weighted by molar-refractivity contribution is 14.1. The molecule has 1 aliphatic rings. The predicted molar refractivity (Wildman–Crippen MR) is 108 cm³/mol. The molecule has 0 saturated carbocycles.